The molecule has 0 unspecified atom stereocenters. The van der Waals surface area contributed by atoms with E-state index in [4.69, 9.17) is 11.6 Å². The largest absolute Gasteiger partial charge is 0.315 e. The van der Waals surface area contributed by atoms with E-state index in [1.165, 1.54) is 23.9 Å². The Kier molecular flexibility index (Phi) is 5.44. The number of carbonyl (C=O) groups excluding carboxylic acids is 1. The first-order chi connectivity index (χ1) is 13.7. The number of hydrogen-bond donors (Lipinski definition) is 0. The summed E-state index contributed by atoms with van der Waals surface area (Å²) in [5.74, 6) is -0.984. The van der Waals surface area contributed by atoms with Crippen molar-refractivity contribution in [3.05, 3.63) is 64.4 Å². The topological polar surface area (TPSA) is 66.8 Å². The number of fused-ring (bicyclic) bond motifs is 1. The summed E-state index contributed by atoms with van der Waals surface area (Å²) >= 11 is 7.05. The first-order valence-electron chi connectivity index (χ1n) is 9.00. The molecule has 2 heterocycles. The van der Waals surface area contributed by atoms with E-state index in [0.29, 0.717) is 10.9 Å². The van der Waals surface area contributed by atoms with Crippen LogP contribution < -0.4 is 4.90 Å². The fraction of sp³-hybridized carbons (Fsp3) is 0.300. The van der Waals surface area contributed by atoms with Crippen molar-refractivity contribution in [1.82, 2.24) is 0 Å². The number of amidine groups is 1. The van der Waals surface area contributed by atoms with Gasteiger partial charge in [-0.15, -0.1) is 0 Å². The molecule has 2 atom stereocenters. The Morgan fingerprint density at radius 2 is 1.97 bits per heavy atom. The zero-order valence-electron chi connectivity index (χ0n) is 15.5. The lowest BCUT2D eigenvalue weighted by Gasteiger charge is -2.24. The summed E-state index contributed by atoms with van der Waals surface area (Å²) in [6, 6.07) is 11.5. The summed E-state index contributed by atoms with van der Waals surface area (Å²) in [6.07, 6.45) is 0.140. The van der Waals surface area contributed by atoms with Gasteiger partial charge < -0.3 is 4.90 Å². The first kappa shape index (κ1) is 20.4. The molecule has 29 heavy (non-hydrogen) atoms. The average Bonchev–Trinajstić information content (AvgIpc) is 3.10. The van der Waals surface area contributed by atoms with Gasteiger partial charge in [0.25, 0.3) is 5.91 Å². The first-order valence-corrected chi connectivity index (χ1v) is 12.1. The molecule has 0 saturated carbocycles. The molecule has 4 rings (SSSR count). The van der Waals surface area contributed by atoms with Gasteiger partial charge in [0.05, 0.1) is 29.0 Å². The smallest absolute Gasteiger partial charge is 0.252 e. The highest BCUT2D eigenvalue weighted by Crippen LogP contribution is 2.41. The van der Waals surface area contributed by atoms with Crippen LogP contribution in [0.3, 0.4) is 0 Å². The minimum absolute atomic E-state index is 0.0140. The van der Waals surface area contributed by atoms with Gasteiger partial charge in [0.1, 0.15) is 5.82 Å². The summed E-state index contributed by atoms with van der Waals surface area (Å²) in [6.45, 7) is 1.97. The maximum absolute atomic E-state index is 14.0. The molecular formula is C20H18ClFN2O3S2. The lowest BCUT2D eigenvalue weighted by molar-refractivity contribution is -0.117. The van der Waals surface area contributed by atoms with Crippen LogP contribution in [0.2, 0.25) is 5.02 Å². The Morgan fingerprint density at radius 3 is 2.66 bits per heavy atom. The van der Waals surface area contributed by atoms with Gasteiger partial charge in [-0.25, -0.2) is 12.8 Å². The lowest BCUT2D eigenvalue weighted by Crippen LogP contribution is -2.37. The maximum atomic E-state index is 14.0. The normalized spacial score (nSPS) is 24.1. The van der Waals surface area contributed by atoms with E-state index in [1.807, 2.05) is 31.2 Å². The number of benzene rings is 2. The Morgan fingerprint density at radius 1 is 1.24 bits per heavy atom. The predicted octanol–water partition coefficient (Wildman–Crippen LogP) is 3.63. The second-order valence-electron chi connectivity index (χ2n) is 7.22. The van der Waals surface area contributed by atoms with E-state index in [1.54, 1.807) is 11.0 Å². The van der Waals surface area contributed by atoms with Gasteiger partial charge in [-0.05, 0) is 30.7 Å². The quantitative estimate of drug-likeness (QED) is 0.711. The zero-order valence-corrected chi connectivity index (χ0v) is 17.9. The lowest BCUT2D eigenvalue weighted by atomic mass is 10.1. The van der Waals surface area contributed by atoms with Gasteiger partial charge in [0.15, 0.2) is 15.0 Å². The summed E-state index contributed by atoms with van der Waals surface area (Å²) in [5.41, 5.74) is 2.38. The molecule has 0 N–H and O–H groups in total. The number of aryl methyl sites for hydroxylation is 1. The number of rotatable bonds is 3. The summed E-state index contributed by atoms with van der Waals surface area (Å²) in [7, 11) is -3.19. The highest BCUT2D eigenvalue weighted by atomic mass is 35.5. The van der Waals surface area contributed by atoms with Crippen LogP contribution in [0, 0.1) is 12.7 Å². The number of hydrogen-bond acceptors (Lipinski definition) is 4. The Labute approximate surface area is 177 Å². The molecule has 0 bridgehead atoms. The van der Waals surface area contributed by atoms with Crippen molar-refractivity contribution in [2.75, 3.05) is 16.4 Å². The number of amides is 1. The van der Waals surface area contributed by atoms with E-state index < -0.39 is 21.7 Å². The molecule has 0 spiro atoms. The van der Waals surface area contributed by atoms with E-state index in [-0.39, 0.29) is 34.1 Å². The molecule has 2 aliphatic rings. The van der Waals surface area contributed by atoms with E-state index in [9.17, 15) is 17.6 Å². The molecule has 0 radical (unpaired) electrons. The van der Waals surface area contributed by atoms with Gasteiger partial charge in [0, 0.05) is 10.9 Å². The molecule has 2 aromatic rings. The number of halogens is 2. The number of nitrogens with zero attached hydrogens (tertiary/aromatic N) is 2. The van der Waals surface area contributed by atoms with Crippen molar-refractivity contribution in [2.45, 2.75) is 24.6 Å². The van der Waals surface area contributed by atoms with E-state index in [0.717, 1.165) is 11.1 Å². The number of thioether (sulfide) groups is 1. The minimum atomic E-state index is -3.19. The van der Waals surface area contributed by atoms with Crippen LogP contribution in [0.25, 0.3) is 0 Å². The predicted molar refractivity (Wildman–Crippen MR) is 115 cm³/mol. The van der Waals surface area contributed by atoms with Crippen LogP contribution in [0.15, 0.2) is 47.5 Å². The summed E-state index contributed by atoms with van der Waals surface area (Å²) in [4.78, 5) is 18.5. The molecule has 1 amide bonds. The van der Waals surface area contributed by atoms with E-state index in [2.05, 4.69) is 4.99 Å². The number of anilines is 1. The highest BCUT2D eigenvalue weighted by Gasteiger charge is 2.49. The van der Waals surface area contributed by atoms with Gasteiger partial charge >= 0.3 is 0 Å². The standard InChI is InChI=1S/C20H18ClFN2O3S2/c1-12-2-4-13(5-3-12)8-19(25)23-20-24(14-6-7-15(21)16(22)9-14)17-10-29(26,27)11-18(17)28-20/h2-7,9,17-18H,8,10-11H2,1H3/t17-,18+/m1/s1. The Balaban J connectivity index is 1.65. The third kappa shape index (κ3) is 4.34. The maximum Gasteiger partial charge on any atom is 0.252 e. The molecule has 0 aliphatic carbocycles. The Bertz CT molecular complexity index is 1100. The Hall–Kier alpha value is -1.90. The molecule has 2 fully saturated rings. The molecule has 0 aromatic heterocycles. The van der Waals surface area contributed by atoms with Crippen molar-refractivity contribution >= 4 is 50.0 Å². The van der Waals surface area contributed by atoms with Crippen molar-refractivity contribution in [1.29, 1.82) is 0 Å². The number of sulfone groups is 1. The molecule has 2 aromatic carbocycles. The molecular weight excluding hydrogens is 435 g/mol. The fourth-order valence-corrected chi connectivity index (χ4v) is 7.58. The van der Waals surface area contributed by atoms with Crippen LogP contribution in [0.1, 0.15) is 11.1 Å². The van der Waals surface area contributed by atoms with Crippen LogP contribution >= 0.6 is 23.4 Å². The monoisotopic (exact) mass is 452 g/mol. The molecule has 9 heteroatoms. The van der Waals surface area contributed by atoms with Crippen LogP contribution in [0.5, 0.6) is 0 Å². The molecule has 152 valence electrons. The second kappa shape index (κ2) is 7.74. The van der Waals surface area contributed by atoms with E-state index >= 15 is 0 Å². The van der Waals surface area contributed by atoms with Crippen molar-refractivity contribution in [3.8, 4) is 0 Å². The third-order valence-electron chi connectivity index (χ3n) is 4.94. The molecule has 2 saturated heterocycles. The van der Waals surface area contributed by atoms with Gasteiger partial charge in [-0.1, -0.05) is 53.2 Å². The number of aliphatic imine (C=N–C) groups is 1. The van der Waals surface area contributed by atoms with Gasteiger partial charge in [0.2, 0.25) is 0 Å². The minimum Gasteiger partial charge on any atom is -0.315 e. The van der Waals surface area contributed by atoms with Crippen LogP contribution in [0.4, 0.5) is 10.1 Å². The van der Waals surface area contributed by atoms with Crippen LogP contribution in [-0.2, 0) is 21.1 Å². The highest BCUT2D eigenvalue weighted by molar-refractivity contribution is 8.16. The summed E-state index contributed by atoms with van der Waals surface area (Å²) in [5, 5.41) is 0.128. The van der Waals surface area contributed by atoms with Gasteiger partial charge in [-0.3, -0.25) is 4.79 Å². The van der Waals surface area contributed by atoms with Crippen LogP contribution in [-0.4, -0.2) is 42.3 Å². The van der Waals surface area contributed by atoms with Crippen molar-refractivity contribution < 1.29 is 17.6 Å². The number of carbonyl (C=O) groups is 1. The average molecular weight is 453 g/mol. The SMILES string of the molecule is Cc1ccc(CC(=O)N=C2S[C@H]3CS(=O)(=O)C[C@H]3N2c2ccc(Cl)c(F)c2)cc1. The molecule has 2 aliphatic heterocycles. The van der Waals surface area contributed by atoms with Crippen molar-refractivity contribution in [2.24, 2.45) is 4.99 Å². The second-order valence-corrected chi connectivity index (χ2v) is 11.0. The third-order valence-corrected chi connectivity index (χ3v) is 8.46. The fourth-order valence-electron chi connectivity index (χ4n) is 3.53. The summed E-state index contributed by atoms with van der Waals surface area (Å²) < 4.78 is 38.2. The van der Waals surface area contributed by atoms with Gasteiger partial charge in [-0.2, -0.15) is 4.99 Å². The zero-order chi connectivity index (χ0) is 20.8. The molecule has 5 nitrogen and oxygen atoms in total. The van der Waals surface area contributed by atoms with Crippen molar-refractivity contribution in [3.63, 3.8) is 0 Å².